The lowest BCUT2D eigenvalue weighted by Crippen LogP contribution is -2.03. The molecule has 5 aromatic rings. The summed E-state index contributed by atoms with van der Waals surface area (Å²) in [5.74, 6) is -1.92. The van der Waals surface area contributed by atoms with Gasteiger partial charge in [0.2, 0.25) is 0 Å². The van der Waals surface area contributed by atoms with Gasteiger partial charge in [-0.25, -0.2) is 9.59 Å². The van der Waals surface area contributed by atoms with Crippen molar-refractivity contribution in [1.82, 2.24) is 4.57 Å². The molecule has 2 N–H and O–H groups in total. The summed E-state index contributed by atoms with van der Waals surface area (Å²) in [5, 5.41) is 37.1. The van der Waals surface area contributed by atoms with Crippen LogP contribution in [0, 0.1) is 22.7 Å². The van der Waals surface area contributed by atoms with Crippen LogP contribution < -0.4 is 0 Å². The Morgan fingerprint density at radius 2 is 1.15 bits per heavy atom. The standard InChI is InChI=1S/C36H35N3O4S4/c1-6-7-8-9-10-39-33(29-15-27-25(46-29)13-23(44-27)11-21(17-37)35(40)41)31(19(2)3)32(20(4)5)34(39)30-16-28-26(47-30)14-24(45-28)12-22(18-38)36(42)43/h11-16,19-20H,6-10H2,1-5H3,(H,40,41)(H,42,43)/b21-11+,22-12+. The minimum absolute atomic E-state index is 0.267. The number of carboxylic acid groups (broad SMARTS) is 2. The summed E-state index contributed by atoms with van der Waals surface area (Å²) in [4.78, 5) is 26.7. The van der Waals surface area contributed by atoms with Gasteiger partial charge < -0.3 is 14.8 Å². The highest BCUT2D eigenvalue weighted by molar-refractivity contribution is 7.30. The van der Waals surface area contributed by atoms with Crippen molar-refractivity contribution in [2.24, 2.45) is 0 Å². The van der Waals surface area contributed by atoms with Crippen LogP contribution in [-0.2, 0) is 16.1 Å². The quantitative estimate of drug-likeness (QED) is 0.0714. The Bertz CT molecular complexity index is 1930. The van der Waals surface area contributed by atoms with Crippen molar-refractivity contribution in [2.45, 2.75) is 78.7 Å². The van der Waals surface area contributed by atoms with E-state index in [-0.39, 0.29) is 23.0 Å². The zero-order valence-corrected chi connectivity index (χ0v) is 30.1. The summed E-state index contributed by atoms with van der Waals surface area (Å²) in [5.41, 5.74) is 4.61. The Balaban J connectivity index is 1.70. The van der Waals surface area contributed by atoms with E-state index in [1.165, 1.54) is 73.5 Å². The number of hydrogen-bond acceptors (Lipinski definition) is 8. The van der Waals surface area contributed by atoms with E-state index in [9.17, 15) is 30.3 Å². The molecule has 5 aromatic heterocycles. The van der Waals surface area contributed by atoms with Gasteiger partial charge in [0.1, 0.15) is 23.3 Å². The van der Waals surface area contributed by atoms with Crippen LogP contribution >= 0.6 is 45.3 Å². The van der Waals surface area contributed by atoms with Crippen molar-refractivity contribution in [3.05, 3.63) is 56.3 Å². The molecule has 0 amide bonds. The molecule has 0 saturated carbocycles. The predicted molar refractivity (Wildman–Crippen MR) is 197 cm³/mol. The van der Waals surface area contributed by atoms with Gasteiger partial charge in [-0.05, 0) is 65.8 Å². The smallest absolute Gasteiger partial charge is 0.346 e. The maximum Gasteiger partial charge on any atom is 0.346 e. The molecule has 11 heteroatoms. The van der Waals surface area contributed by atoms with E-state index >= 15 is 0 Å². The van der Waals surface area contributed by atoms with Crippen LogP contribution in [0.3, 0.4) is 0 Å². The van der Waals surface area contributed by atoms with Gasteiger partial charge in [-0.2, -0.15) is 10.5 Å². The SMILES string of the molecule is CCCCCCn1c(-c2cc3sc(/C=C(\C#N)C(=O)O)cc3s2)c(C(C)C)c(C(C)C)c1-c1cc2sc(/C=C(\C#N)C(=O)O)cc2s1. The molecule has 5 rings (SSSR count). The van der Waals surface area contributed by atoms with Crippen molar-refractivity contribution in [3.63, 3.8) is 0 Å². The molecule has 0 spiro atoms. The highest BCUT2D eigenvalue weighted by Crippen LogP contribution is 2.50. The number of fused-ring (bicyclic) bond motifs is 2. The Morgan fingerprint density at radius 1 is 0.723 bits per heavy atom. The lowest BCUT2D eigenvalue weighted by molar-refractivity contribution is -0.133. The number of nitrogens with zero attached hydrogens (tertiary/aromatic N) is 3. The van der Waals surface area contributed by atoms with Crippen LogP contribution in [0.1, 0.15) is 93.0 Å². The van der Waals surface area contributed by atoms with Gasteiger partial charge in [0.15, 0.2) is 0 Å². The molecule has 0 saturated heterocycles. The van der Waals surface area contributed by atoms with E-state index < -0.39 is 11.9 Å². The maximum absolute atomic E-state index is 11.4. The third-order valence-corrected chi connectivity index (χ3v) is 12.4. The van der Waals surface area contributed by atoms with Crippen molar-refractivity contribution in [1.29, 1.82) is 10.5 Å². The third kappa shape index (κ3) is 7.00. The first-order valence-electron chi connectivity index (χ1n) is 15.5. The zero-order chi connectivity index (χ0) is 34.0. The van der Waals surface area contributed by atoms with E-state index in [4.69, 9.17) is 0 Å². The summed E-state index contributed by atoms with van der Waals surface area (Å²) in [6, 6.07) is 11.9. The largest absolute Gasteiger partial charge is 0.477 e. The Kier molecular flexibility index (Phi) is 10.5. The molecule has 0 aliphatic rings. The van der Waals surface area contributed by atoms with Crippen molar-refractivity contribution in [3.8, 4) is 33.3 Å². The summed E-state index contributed by atoms with van der Waals surface area (Å²) in [7, 11) is 0. The van der Waals surface area contributed by atoms with Crippen LogP contribution in [0.2, 0.25) is 0 Å². The molecule has 0 aliphatic heterocycles. The number of unbranched alkanes of at least 4 members (excludes halogenated alkanes) is 3. The van der Waals surface area contributed by atoms with E-state index in [0.29, 0.717) is 0 Å². The lowest BCUT2D eigenvalue weighted by atomic mass is 9.90. The Morgan fingerprint density at radius 3 is 1.49 bits per heavy atom. The Hall–Kier alpha value is -4.00. The number of rotatable bonds is 13. The second-order valence-corrected chi connectivity index (χ2v) is 16.4. The molecular formula is C36H35N3O4S4. The first-order chi connectivity index (χ1) is 22.5. The second kappa shape index (κ2) is 14.4. The molecule has 0 atom stereocenters. The highest BCUT2D eigenvalue weighted by atomic mass is 32.1. The predicted octanol–water partition coefficient (Wildman–Crippen LogP) is 11.2. The normalized spacial score (nSPS) is 12.4. The summed E-state index contributed by atoms with van der Waals surface area (Å²) in [6.45, 7) is 12.1. The van der Waals surface area contributed by atoms with Crippen LogP contribution in [0.15, 0.2) is 35.4 Å². The number of thiophene rings is 4. The molecule has 47 heavy (non-hydrogen) atoms. The molecular weight excluding hydrogens is 667 g/mol. The van der Waals surface area contributed by atoms with Gasteiger partial charge in [0, 0.05) is 35.1 Å². The van der Waals surface area contributed by atoms with E-state index in [1.54, 1.807) is 34.8 Å². The van der Waals surface area contributed by atoms with Crippen molar-refractivity contribution >= 4 is 88.2 Å². The summed E-state index contributed by atoms with van der Waals surface area (Å²) < 4.78 is 6.79. The van der Waals surface area contributed by atoms with Gasteiger partial charge in [-0.15, -0.1) is 45.3 Å². The van der Waals surface area contributed by atoms with Crippen LogP contribution in [0.4, 0.5) is 0 Å². The first kappa shape index (κ1) is 34.3. The van der Waals surface area contributed by atoms with Crippen LogP contribution in [0.5, 0.6) is 0 Å². The van der Waals surface area contributed by atoms with Gasteiger partial charge >= 0.3 is 11.9 Å². The molecule has 5 heterocycles. The monoisotopic (exact) mass is 701 g/mol. The molecule has 0 unspecified atom stereocenters. The molecule has 7 nitrogen and oxygen atoms in total. The first-order valence-corrected chi connectivity index (χ1v) is 18.8. The van der Waals surface area contributed by atoms with Gasteiger partial charge in [0.25, 0.3) is 0 Å². The minimum atomic E-state index is -1.23. The average molecular weight is 702 g/mol. The van der Waals surface area contributed by atoms with Crippen LogP contribution in [0.25, 0.3) is 52.1 Å². The molecule has 0 fully saturated rings. The minimum Gasteiger partial charge on any atom is -0.477 e. The van der Waals surface area contributed by atoms with Gasteiger partial charge in [0.05, 0.1) is 21.1 Å². The fourth-order valence-electron chi connectivity index (χ4n) is 5.93. The number of aromatic nitrogens is 1. The van der Waals surface area contributed by atoms with E-state index in [2.05, 4.69) is 51.3 Å². The van der Waals surface area contributed by atoms with Crippen molar-refractivity contribution < 1.29 is 19.8 Å². The molecule has 0 aliphatic carbocycles. The van der Waals surface area contributed by atoms with E-state index in [0.717, 1.165) is 54.4 Å². The summed E-state index contributed by atoms with van der Waals surface area (Å²) >= 11 is 6.41. The van der Waals surface area contributed by atoms with E-state index in [1.807, 2.05) is 12.1 Å². The van der Waals surface area contributed by atoms with Crippen LogP contribution in [-0.4, -0.2) is 26.7 Å². The molecule has 242 valence electrons. The molecule has 0 aromatic carbocycles. The number of carbonyl (C=O) groups is 2. The fraction of sp³-hybridized carbons (Fsp3) is 0.333. The fourth-order valence-corrected chi connectivity index (χ4v) is 10.8. The van der Waals surface area contributed by atoms with Crippen molar-refractivity contribution in [2.75, 3.05) is 0 Å². The number of hydrogen-bond donors (Lipinski definition) is 2. The second-order valence-electron chi connectivity index (χ2n) is 12.0. The Labute approximate surface area is 290 Å². The molecule has 0 radical (unpaired) electrons. The topological polar surface area (TPSA) is 127 Å². The summed E-state index contributed by atoms with van der Waals surface area (Å²) in [6.07, 6.45) is 7.41. The van der Waals surface area contributed by atoms with Gasteiger partial charge in [-0.1, -0.05) is 53.9 Å². The van der Waals surface area contributed by atoms with Gasteiger partial charge in [-0.3, -0.25) is 0 Å². The number of nitriles is 2. The zero-order valence-electron chi connectivity index (χ0n) is 26.8. The maximum atomic E-state index is 11.4. The average Bonchev–Trinajstić information content (AvgIpc) is 3.80. The lowest BCUT2D eigenvalue weighted by Gasteiger charge is -2.14. The third-order valence-electron chi connectivity index (χ3n) is 7.92. The number of carboxylic acids is 2. The molecule has 0 bridgehead atoms. The number of aliphatic carboxylic acids is 2. The highest BCUT2D eigenvalue weighted by Gasteiger charge is 2.30.